The van der Waals surface area contributed by atoms with Crippen LogP contribution in [0.1, 0.15) is 37.9 Å². The molecule has 2 aromatic heterocycles. The lowest BCUT2D eigenvalue weighted by Gasteiger charge is -2.03. The molecule has 7 nitrogen and oxygen atoms in total. The monoisotopic (exact) mass is 354 g/mol. The van der Waals surface area contributed by atoms with E-state index in [9.17, 15) is 4.79 Å². The van der Waals surface area contributed by atoms with Crippen molar-refractivity contribution in [2.75, 3.05) is 11.9 Å². The number of unbranched alkanes of at least 4 members (excludes halogenated alkanes) is 1. The van der Waals surface area contributed by atoms with Crippen LogP contribution in [0.25, 0.3) is 0 Å². The van der Waals surface area contributed by atoms with Gasteiger partial charge in [-0.1, -0.05) is 18.1 Å². The number of rotatable bonds is 10. The van der Waals surface area contributed by atoms with E-state index in [2.05, 4.69) is 20.4 Å². The number of hydrogen-bond donors (Lipinski definition) is 2. The number of carboxylic acid groups (broad SMARTS) is 1. The van der Waals surface area contributed by atoms with Gasteiger partial charge in [0.05, 0.1) is 0 Å². The third-order valence-electron chi connectivity index (χ3n) is 3.35. The highest BCUT2D eigenvalue weighted by atomic mass is 35.5. The molecule has 1 unspecified atom stereocenters. The first-order valence-corrected chi connectivity index (χ1v) is 7.81. The molecule has 0 radical (unpaired) electrons. The Morgan fingerprint density at radius 2 is 2.21 bits per heavy atom. The number of nitrogens with one attached hydrogen (secondary N) is 1. The van der Waals surface area contributed by atoms with Crippen LogP contribution in [0.2, 0.25) is 0 Å². The van der Waals surface area contributed by atoms with Gasteiger partial charge in [-0.15, -0.1) is 12.4 Å². The number of hydrogen-bond acceptors (Lipinski definition) is 6. The highest BCUT2D eigenvalue weighted by Crippen LogP contribution is 2.11. The highest BCUT2D eigenvalue weighted by molar-refractivity contribution is 5.85. The third-order valence-corrected chi connectivity index (χ3v) is 3.35. The normalized spacial score (nSPS) is 11.5. The van der Waals surface area contributed by atoms with Crippen molar-refractivity contribution >= 4 is 24.2 Å². The van der Waals surface area contributed by atoms with Crippen LogP contribution in [0.5, 0.6) is 0 Å². The summed E-state index contributed by atoms with van der Waals surface area (Å²) in [6, 6.07) is 5.77. The molecule has 2 aromatic rings. The van der Waals surface area contributed by atoms with E-state index in [0.29, 0.717) is 18.1 Å². The maximum absolute atomic E-state index is 10.6. The average Bonchev–Trinajstić information content (AvgIpc) is 2.94. The summed E-state index contributed by atoms with van der Waals surface area (Å²) in [6.07, 6.45) is 5.05. The molecule has 0 saturated carbocycles. The Morgan fingerprint density at radius 3 is 2.92 bits per heavy atom. The number of halogens is 1. The Balaban J connectivity index is 0.00000288. The summed E-state index contributed by atoms with van der Waals surface area (Å²) < 4.78 is 5.16. The zero-order valence-corrected chi connectivity index (χ0v) is 14.5. The minimum Gasteiger partial charge on any atom is -0.481 e. The van der Waals surface area contributed by atoms with Crippen LogP contribution in [0.3, 0.4) is 0 Å². The van der Waals surface area contributed by atoms with Crippen LogP contribution in [0, 0.1) is 5.92 Å². The number of carboxylic acids is 1. The molecule has 0 aliphatic rings. The fourth-order valence-electron chi connectivity index (χ4n) is 2.23. The molecule has 0 aromatic carbocycles. The molecule has 0 amide bonds. The zero-order chi connectivity index (χ0) is 16.5. The van der Waals surface area contributed by atoms with E-state index in [-0.39, 0.29) is 24.7 Å². The van der Waals surface area contributed by atoms with Crippen molar-refractivity contribution in [1.29, 1.82) is 0 Å². The van der Waals surface area contributed by atoms with Gasteiger partial charge in [0.2, 0.25) is 5.89 Å². The Hall–Kier alpha value is -2.15. The maximum Gasteiger partial charge on any atom is 0.303 e. The summed E-state index contributed by atoms with van der Waals surface area (Å²) >= 11 is 0. The van der Waals surface area contributed by atoms with Crippen molar-refractivity contribution in [2.24, 2.45) is 5.92 Å². The van der Waals surface area contributed by atoms with E-state index in [4.69, 9.17) is 9.63 Å². The maximum atomic E-state index is 10.6. The van der Waals surface area contributed by atoms with Gasteiger partial charge in [-0.05, 0) is 30.9 Å². The Morgan fingerprint density at radius 1 is 1.38 bits per heavy atom. The highest BCUT2D eigenvalue weighted by Gasteiger charge is 2.13. The molecule has 132 valence electrons. The molecule has 2 heterocycles. The molecule has 0 bridgehead atoms. The molecule has 2 N–H and O–H groups in total. The molecule has 2 rings (SSSR count). The topological polar surface area (TPSA) is 101 Å². The van der Waals surface area contributed by atoms with Crippen LogP contribution in [-0.4, -0.2) is 32.7 Å². The smallest absolute Gasteiger partial charge is 0.303 e. The Kier molecular flexibility index (Phi) is 8.78. The van der Waals surface area contributed by atoms with E-state index in [1.54, 1.807) is 6.20 Å². The predicted molar refractivity (Wildman–Crippen MR) is 92.3 cm³/mol. The van der Waals surface area contributed by atoms with Crippen molar-refractivity contribution in [3.05, 3.63) is 36.1 Å². The number of anilines is 1. The van der Waals surface area contributed by atoms with Gasteiger partial charge in [-0.25, -0.2) is 4.98 Å². The second-order valence-electron chi connectivity index (χ2n) is 5.61. The fraction of sp³-hybridized carbons (Fsp3) is 0.500. The Labute approximate surface area is 147 Å². The summed E-state index contributed by atoms with van der Waals surface area (Å²) in [5.41, 5.74) is 0. The van der Waals surface area contributed by atoms with E-state index in [1.807, 2.05) is 25.1 Å². The predicted octanol–water partition coefficient (Wildman–Crippen LogP) is 2.97. The molecule has 0 aliphatic heterocycles. The first-order valence-electron chi connectivity index (χ1n) is 7.81. The summed E-state index contributed by atoms with van der Waals surface area (Å²) in [7, 11) is 0. The van der Waals surface area contributed by atoms with E-state index in [0.717, 1.165) is 31.6 Å². The number of aromatic nitrogens is 3. The van der Waals surface area contributed by atoms with Gasteiger partial charge >= 0.3 is 5.97 Å². The molecule has 0 spiro atoms. The number of pyridine rings is 1. The summed E-state index contributed by atoms with van der Waals surface area (Å²) in [4.78, 5) is 19.1. The summed E-state index contributed by atoms with van der Waals surface area (Å²) in [5.74, 6) is 1.25. The second kappa shape index (κ2) is 10.6. The van der Waals surface area contributed by atoms with Crippen molar-refractivity contribution in [1.82, 2.24) is 15.1 Å². The lowest BCUT2D eigenvalue weighted by molar-refractivity contribution is -0.137. The van der Waals surface area contributed by atoms with E-state index >= 15 is 0 Å². The van der Waals surface area contributed by atoms with Crippen LogP contribution < -0.4 is 5.32 Å². The van der Waals surface area contributed by atoms with E-state index in [1.165, 1.54) is 0 Å². The van der Waals surface area contributed by atoms with Gasteiger partial charge in [0.25, 0.3) is 0 Å². The van der Waals surface area contributed by atoms with Crippen molar-refractivity contribution in [3.63, 3.8) is 0 Å². The minimum atomic E-state index is -0.808. The number of nitrogens with zero attached hydrogens (tertiary/aromatic N) is 3. The molecule has 1 atom stereocenters. The number of aryl methyl sites for hydroxylation is 1. The standard InChI is InChI=1S/C16H22N4O3.ClH/c1-12(11-16(21)22)10-15-19-14(20-23-15)7-3-5-9-18-13-6-2-4-8-17-13;/h2,4,6,8,12H,3,5,7,9-11H2,1H3,(H,17,18)(H,21,22);1H. The van der Waals surface area contributed by atoms with Gasteiger partial charge in [-0.2, -0.15) is 4.98 Å². The molecular weight excluding hydrogens is 332 g/mol. The van der Waals surface area contributed by atoms with Crippen LogP contribution in [0.4, 0.5) is 5.82 Å². The van der Waals surface area contributed by atoms with Crippen LogP contribution in [0.15, 0.2) is 28.9 Å². The second-order valence-corrected chi connectivity index (χ2v) is 5.61. The van der Waals surface area contributed by atoms with E-state index < -0.39 is 5.97 Å². The average molecular weight is 355 g/mol. The zero-order valence-electron chi connectivity index (χ0n) is 13.6. The number of carbonyl (C=O) groups is 1. The third kappa shape index (κ3) is 7.41. The Bertz CT molecular complexity index is 606. The number of aliphatic carboxylic acids is 1. The molecular formula is C16H23ClN4O3. The van der Waals surface area contributed by atoms with Crippen molar-refractivity contribution in [2.45, 2.75) is 39.0 Å². The minimum absolute atomic E-state index is 0. The summed E-state index contributed by atoms with van der Waals surface area (Å²) in [6.45, 7) is 2.71. The molecule has 24 heavy (non-hydrogen) atoms. The van der Waals surface area contributed by atoms with Crippen LogP contribution >= 0.6 is 12.4 Å². The van der Waals surface area contributed by atoms with Crippen LogP contribution in [-0.2, 0) is 17.6 Å². The summed E-state index contributed by atoms with van der Waals surface area (Å²) in [5, 5.41) is 15.9. The fourth-order valence-corrected chi connectivity index (χ4v) is 2.23. The molecule has 0 fully saturated rings. The molecule has 0 aliphatic carbocycles. The SMILES string of the molecule is CC(CC(=O)O)Cc1nc(CCCCNc2ccccn2)no1.Cl. The first kappa shape index (κ1) is 19.9. The molecule has 8 heteroatoms. The molecule has 0 saturated heterocycles. The van der Waals surface area contributed by atoms with Gasteiger partial charge < -0.3 is 14.9 Å². The first-order chi connectivity index (χ1) is 11.1. The van der Waals surface area contributed by atoms with Gasteiger partial charge in [0, 0.05) is 32.0 Å². The lowest BCUT2D eigenvalue weighted by Crippen LogP contribution is -2.07. The van der Waals surface area contributed by atoms with Crippen molar-refractivity contribution in [3.8, 4) is 0 Å². The lowest BCUT2D eigenvalue weighted by atomic mass is 10.0. The quantitative estimate of drug-likeness (QED) is 0.632. The van der Waals surface area contributed by atoms with Gasteiger partial charge in [-0.3, -0.25) is 4.79 Å². The van der Waals surface area contributed by atoms with Gasteiger partial charge in [0.15, 0.2) is 5.82 Å². The van der Waals surface area contributed by atoms with Gasteiger partial charge in [0.1, 0.15) is 5.82 Å². The largest absolute Gasteiger partial charge is 0.481 e. The van der Waals surface area contributed by atoms with Crippen molar-refractivity contribution < 1.29 is 14.4 Å².